The molecule has 0 radical (unpaired) electrons. The van der Waals surface area contributed by atoms with Crippen LogP contribution in [0.25, 0.3) is 10.9 Å². The number of hydrogen-bond acceptors (Lipinski definition) is 2. The van der Waals surface area contributed by atoms with Gasteiger partial charge in [0.2, 0.25) is 5.91 Å². The molecule has 0 aliphatic heterocycles. The predicted octanol–water partition coefficient (Wildman–Crippen LogP) is 7.83. The number of rotatable bonds is 15. The van der Waals surface area contributed by atoms with Crippen LogP contribution in [-0.4, -0.2) is 21.6 Å². The minimum atomic E-state index is -0.895. The maximum absolute atomic E-state index is 12.7. The van der Waals surface area contributed by atoms with Gasteiger partial charge in [0.05, 0.1) is 11.9 Å². The molecule has 1 aromatic heterocycles. The molecule has 1 aromatic carbocycles. The van der Waals surface area contributed by atoms with Crippen LogP contribution in [0.2, 0.25) is 0 Å². The molecule has 0 aliphatic carbocycles. The first-order chi connectivity index (χ1) is 16.6. The Morgan fingerprint density at radius 1 is 0.824 bits per heavy atom. The highest BCUT2D eigenvalue weighted by Crippen LogP contribution is 2.22. The molecule has 0 saturated carbocycles. The molecule has 0 amide bonds. The average Bonchev–Trinajstić information content (AvgIpc) is 3.19. The third kappa shape index (κ3) is 10.0. The Bertz CT molecular complexity index is 1050. The fraction of sp³-hybridized carbons (Fsp3) is 0.333. The average molecular weight is 460 g/mol. The molecule has 2 rings (SSSR count). The highest BCUT2D eigenvalue weighted by Gasteiger charge is 2.14. The van der Waals surface area contributed by atoms with Crippen LogP contribution < -0.4 is 0 Å². The van der Waals surface area contributed by atoms with E-state index in [1.165, 1.54) is 0 Å². The van der Waals surface area contributed by atoms with Gasteiger partial charge in [-0.3, -0.25) is 14.2 Å². The smallest absolute Gasteiger partial charge is 0.307 e. The van der Waals surface area contributed by atoms with Crippen LogP contribution in [0, 0.1) is 0 Å². The third-order valence-corrected chi connectivity index (χ3v) is 5.32. The van der Waals surface area contributed by atoms with Crippen LogP contribution >= 0.6 is 0 Å². The summed E-state index contributed by atoms with van der Waals surface area (Å²) in [4.78, 5) is 23.8. The first kappa shape index (κ1) is 26.8. The molecule has 1 heterocycles. The maximum atomic E-state index is 12.7. The van der Waals surface area contributed by atoms with Gasteiger partial charge >= 0.3 is 5.97 Å². The van der Waals surface area contributed by atoms with E-state index in [0.29, 0.717) is 12.0 Å². The van der Waals surface area contributed by atoms with E-state index >= 15 is 0 Å². The van der Waals surface area contributed by atoms with Crippen molar-refractivity contribution in [2.75, 3.05) is 0 Å². The molecule has 0 spiro atoms. The van der Waals surface area contributed by atoms with E-state index in [0.717, 1.165) is 55.8 Å². The van der Waals surface area contributed by atoms with E-state index in [4.69, 9.17) is 5.11 Å². The Labute approximate surface area is 203 Å². The Hall–Kier alpha value is -3.40. The number of para-hydroxylation sites is 1. The van der Waals surface area contributed by atoms with Gasteiger partial charge in [-0.15, -0.1) is 0 Å². The van der Waals surface area contributed by atoms with Crippen LogP contribution in [0.15, 0.2) is 91.2 Å². The summed E-state index contributed by atoms with van der Waals surface area (Å²) in [6.45, 7) is 2.14. The molecule has 34 heavy (non-hydrogen) atoms. The van der Waals surface area contributed by atoms with Crippen LogP contribution in [0.5, 0.6) is 0 Å². The molecule has 4 nitrogen and oxygen atoms in total. The van der Waals surface area contributed by atoms with Crippen molar-refractivity contribution in [1.82, 2.24) is 4.57 Å². The lowest BCUT2D eigenvalue weighted by atomic mass is 10.1. The lowest BCUT2D eigenvalue weighted by Gasteiger charge is -2.03. The summed E-state index contributed by atoms with van der Waals surface area (Å²) >= 11 is 0. The fourth-order valence-corrected chi connectivity index (χ4v) is 3.62. The minimum Gasteiger partial charge on any atom is -0.481 e. The van der Waals surface area contributed by atoms with Crippen molar-refractivity contribution in [3.8, 4) is 0 Å². The van der Waals surface area contributed by atoms with Gasteiger partial charge in [-0.1, -0.05) is 85.9 Å². The summed E-state index contributed by atoms with van der Waals surface area (Å²) in [7, 11) is 0. The topological polar surface area (TPSA) is 59.3 Å². The lowest BCUT2D eigenvalue weighted by Crippen LogP contribution is -2.08. The highest BCUT2D eigenvalue weighted by molar-refractivity contribution is 5.95. The fourth-order valence-electron chi connectivity index (χ4n) is 3.62. The molecular weight excluding hydrogens is 422 g/mol. The van der Waals surface area contributed by atoms with Crippen molar-refractivity contribution in [1.29, 1.82) is 0 Å². The second-order valence-electron chi connectivity index (χ2n) is 8.11. The number of aromatic nitrogens is 1. The van der Waals surface area contributed by atoms with E-state index in [2.05, 4.69) is 67.7 Å². The second kappa shape index (κ2) is 16.2. The SMILES string of the molecule is CC/C=C/C/C=C/C/C=C/C/C=C/C/C=C/CCCC(=O)n1cc(CC(=O)O)c2ccccc21. The second-order valence-corrected chi connectivity index (χ2v) is 8.11. The van der Waals surface area contributed by atoms with Gasteiger partial charge in [-0.05, 0) is 56.6 Å². The first-order valence-electron chi connectivity index (χ1n) is 12.2. The molecule has 0 saturated heterocycles. The van der Waals surface area contributed by atoms with Gasteiger partial charge in [0.25, 0.3) is 0 Å². The zero-order valence-corrected chi connectivity index (χ0v) is 20.2. The minimum absolute atomic E-state index is 0.000177. The summed E-state index contributed by atoms with van der Waals surface area (Å²) in [6, 6.07) is 7.47. The zero-order chi connectivity index (χ0) is 24.4. The molecular formula is C30H37NO3. The Morgan fingerprint density at radius 3 is 1.97 bits per heavy atom. The third-order valence-electron chi connectivity index (χ3n) is 5.32. The number of allylic oxidation sites excluding steroid dienone is 10. The first-order valence-corrected chi connectivity index (χ1v) is 12.2. The molecule has 0 aliphatic rings. The number of carboxylic acids is 1. The van der Waals surface area contributed by atoms with E-state index in [9.17, 15) is 9.59 Å². The maximum Gasteiger partial charge on any atom is 0.307 e. The van der Waals surface area contributed by atoms with Crippen molar-refractivity contribution in [3.63, 3.8) is 0 Å². The quantitative estimate of drug-likeness (QED) is 0.218. The largest absolute Gasteiger partial charge is 0.481 e. The van der Waals surface area contributed by atoms with E-state index in [1.807, 2.05) is 24.3 Å². The Balaban J connectivity index is 1.64. The molecule has 180 valence electrons. The van der Waals surface area contributed by atoms with Crippen molar-refractivity contribution in [2.24, 2.45) is 0 Å². The number of aliphatic carboxylic acids is 1. The molecule has 1 N–H and O–H groups in total. The van der Waals surface area contributed by atoms with Gasteiger partial charge in [-0.25, -0.2) is 0 Å². The Kier molecular flexibility index (Phi) is 12.8. The number of carbonyl (C=O) groups is 2. The summed E-state index contributed by atoms with van der Waals surface area (Å²) in [6.07, 6.45) is 30.3. The van der Waals surface area contributed by atoms with Gasteiger partial charge in [-0.2, -0.15) is 0 Å². The summed E-state index contributed by atoms with van der Waals surface area (Å²) in [5, 5.41) is 9.96. The van der Waals surface area contributed by atoms with E-state index in [1.54, 1.807) is 10.8 Å². The molecule has 0 bridgehead atoms. The van der Waals surface area contributed by atoms with Gasteiger partial charge in [0, 0.05) is 18.0 Å². The Morgan fingerprint density at radius 2 is 1.38 bits per heavy atom. The standard InChI is InChI=1S/C30H37NO3/c1-2-3-4-5-6-7-8-9-10-11-12-13-14-15-16-17-18-23-29(32)31-25-26(24-30(33)34)27-21-19-20-22-28(27)31/h3-4,6-7,9-10,12-13,15-16,19-22,25H,2,5,8,11,14,17-18,23-24H2,1H3,(H,33,34)/b4-3+,7-6+,10-9+,13-12+,16-15+. The van der Waals surface area contributed by atoms with Crippen molar-refractivity contribution in [3.05, 3.63) is 96.8 Å². The number of fused-ring (bicyclic) bond motifs is 1. The summed E-state index contributed by atoms with van der Waals surface area (Å²) in [5.74, 6) is -0.895. The van der Waals surface area contributed by atoms with Crippen molar-refractivity contribution < 1.29 is 14.7 Å². The predicted molar refractivity (Wildman–Crippen MR) is 142 cm³/mol. The molecule has 0 atom stereocenters. The molecule has 0 fully saturated rings. The number of carboxylic acid groups (broad SMARTS) is 1. The molecule has 2 aromatic rings. The number of carbonyl (C=O) groups excluding carboxylic acids is 1. The lowest BCUT2D eigenvalue weighted by molar-refractivity contribution is -0.136. The highest BCUT2D eigenvalue weighted by atomic mass is 16.4. The zero-order valence-electron chi connectivity index (χ0n) is 20.2. The number of unbranched alkanes of at least 4 members (excludes halogenated alkanes) is 1. The van der Waals surface area contributed by atoms with E-state index < -0.39 is 5.97 Å². The number of benzene rings is 1. The van der Waals surface area contributed by atoms with Gasteiger partial charge < -0.3 is 5.11 Å². The van der Waals surface area contributed by atoms with E-state index in [-0.39, 0.29) is 12.3 Å². The normalized spacial score (nSPS) is 12.5. The molecule has 4 heteroatoms. The van der Waals surface area contributed by atoms with Crippen LogP contribution in [0.1, 0.15) is 68.6 Å². The van der Waals surface area contributed by atoms with Crippen LogP contribution in [0.3, 0.4) is 0 Å². The number of nitrogens with zero attached hydrogens (tertiary/aromatic N) is 1. The van der Waals surface area contributed by atoms with Crippen LogP contribution in [-0.2, 0) is 11.2 Å². The summed E-state index contributed by atoms with van der Waals surface area (Å²) < 4.78 is 1.60. The number of hydrogen-bond donors (Lipinski definition) is 1. The van der Waals surface area contributed by atoms with Crippen molar-refractivity contribution in [2.45, 2.75) is 64.7 Å². The molecule has 0 unspecified atom stereocenters. The van der Waals surface area contributed by atoms with Crippen molar-refractivity contribution >= 4 is 22.8 Å². The van der Waals surface area contributed by atoms with Gasteiger partial charge in [0.1, 0.15) is 0 Å². The van der Waals surface area contributed by atoms with Crippen LogP contribution in [0.4, 0.5) is 0 Å². The monoisotopic (exact) mass is 459 g/mol. The van der Waals surface area contributed by atoms with Gasteiger partial charge in [0.15, 0.2) is 0 Å². The summed E-state index contributed by atoms with van der Waals surface area (Å²) in [5.41, 5.74) is 1.45.